The summed E-state index contributed by atoms with van der Waals surface area (Å²) in [5.74, 6) is 0.0142. The maximum atomic E-state index is 11.8. The van der Waals surface area contributed by atoms with Crippen molar-refractivity contribution in [2.45, 2.75) is 6.92 Å². The van der Waals surface area contributed by atoms with Crippen LogP contribution < -0.4 is 10.2 Å². The Morgan fingerprint density at radius 2 is 1.93 bits per heavy atom. The number of anilines is 3. The normalized spacial score (nSPS) is 14.0. The Balaban J connectivity index is 1.68. The van der Waals surface area contributed by atoms with Gasteiger partial charge in [-0.2, -0.15) is 4.98 Å². The molecule has 1 aromatic heterocycles. The van der Waals surface area contributed by atoms with E-state index in [-0.39, 0.29) is 11.7 Å². The highest BCUT2D eigenvalue weighted by atomic mass is 16.6. The molecular weight excluding hydrogens is 350 g/mol. The van der Waals surface area contributed by atoms with Gasteiger partial charge in [0.2, 0.25) is 5.95 Å². The summed E-state index contributed by atoms with van der Waals surface area (Å²) in [5.41, 5.74) is 0.627. The van der Waals surface area contributed by atoms with Crippen LogP contribution in [0.25, 0.3) is 0 Å². The minimum Gasteiger partial charge on any atom is -0.478 e. The van der Waals surface area contributed by atoms with Crippen molar-refractivity contribution in [2.24, 2.45) is 0 Å². The van der Waals surface area contributed by atoms with Gasteiger partial charge in [0.25, 0.3) is 0 Å². The van der Waals surface area contributed by atoms with Crippen molar-refractivity contribution in [2.75, 3.05) is 43.0 Å². The second-order valence-electron chi connectivity index (χ2n) is 5.89. The molecule has 1 saturated heterocycles. The Morgan fingerprint density at radius 3 is 2.63 bits per heavy atom. The third-order valence-electron chi connectivity index (χ3n) is 4.15. The van der Waals surface area contributed by atoms with Gasteiger partial charge >= 0.3 is 12.1 Å². The maximum absolute atomic E-state index is 11.8. The first-order valence-electron chi connectivity index (χ1n) is 8.67. The molecule has 0 radical (unpaired) electrons. The molecule has 2 N–H and O–H groups in total. The van der Waals surface area contributed by atoms with E-state index in [1.165, 1.54) is 6.07 Å². The van der Waals surface area contributed by atoms with Crippen LogP contribution in [0.1, 0.15) is 17.3 Å². The van der Waals surface area contributed by atoms with Crippen LogP contribution in [0.2, 0.25) is 0 Å². The highest BCUT2D eigenvalue weighted by Gasteiger charge is 2.23. The molecule has 2 aromatic rings. The molecule has 2 heterocycles. The van der Waals surface area contributed by atoms with E-state index in [2.05, 4.69) is 15.3 Å². The topological polar surface area (TPSA) is 108 Å². The number of carbonyl (C=O) groups is 2. The number of aromatic nitrogens is 2. The molecule has 1 aliphatic rings. The van der Waals surface area contributed by atoms with Crippen LogP contribution in [-0.4, -0.2) is 64.8 Å². The molecule has 0 saturated carbocycles. The van der Waals surface area contributed by atoms with Crippen molar-refractivity contribution in [3.63, 3.8) is 0 Å². The van der Waals surface area contributed by atoms with E-state index in [0.29, 0.717) is 50.2 Å². The van der Waals surface area contributed by atoms with E-state index < -0.39 is 5.97 Å². The third-order valence-corrected chi connectivity index (χ3v) is 4.15. The number of carboxylic acids is 1. The molecule has 142 valence electrons. The number of hydrogen-bond acceptors (Lipinski definition) is 7. The lowest BCUT2D eigenvalue weighted by atomic mass is 10.2. The first-order chi connectivity index (χ1) is 13.1. The third kappa shape index (κ3) is 4.43. The fraction of sp³-hybridized carbons (Fsp3) is 0.333. The zero-order chi connectivity index (χ0) is 19.2. The summed E-state index contributed by atoms with van der Waals surface area (Å²) >= 11 is 0. The number of benzene rings is 1. The van der Waals surface area contributed by atoms with Gasteiger partial charge in [-0.25, -0.2) is 14.6 Å². The van der Waals surface area contributed by atoms with E-state index >= 15 is 0 Å². The van der Waals surface area contributed by atoms with Crippen LogP contribution in [0.4, 0.5) is 22.2 Å². The van der Waals surface area contributed by atoms with Gasteiger partial charge in [-0.15, -0.1) is 0 Å². The van der Waals surface area contributed by atoms with Crippen molar-refractivity contribution >= 4 is 29.5 Å². The minimum atomic E-state index is -1.01. The maximum Gasteiger partial charge on any atom is 0.409 e. The molecule has 1 fully saturated rings. The zero-order valence-corrected chi connectivity index (χ0v) is 15.0. The van der Waals surface area contributed by atoms with Crippen LogP contribution in [0.3, 0.4) is 0 Å². The predicted octanol–water partition coefficient (Wildman–Crippen LogP) is 2.20. The summed E-state index contributed by atoms with van der Waals surface area (Å²) in [4.78, 5) is 35.5. The van der Waals surface area contributed by atoms with E-state index in [1.807, 2.05) is 4.90 Å². The summed E-state index contributed by atoms with van der Waals surface area (Å²) in [6, 6.07) is 8.32. The lowest BCUT2D eigenvalue weighted by Crippen LogP contribution is -2.49. The van der Waals surface area contributed by atoms with Crippen molar-refractivity contribution in [3.8, 4) is 0 Å². The van der Waals surface area contributed by atoms with Gasteiger partial charge in [0, 0.05) is 32.4 Å². The van der Waals surface area contributed by atoms with Crippen molar-refractivity contribution in [1.29, 1.82) is 0 Å². The summed E-state index contributed by atoms with van der Waals surface area (Å²) in [5, 5.41) is 12.3. The van der Waals surface area contributed by atoms with Gasteiger partial charge in [-0.1, -0.05) is 12.1 Å². The van der Waals surface area contributed by atoms with E-state index in [0.717, 1.165) is 0 Å². The van der Waals surface area contributed by atoms with E-state index in [4.69, 9.17) is 4.74 Å². The van der Waals surface area contributed by atoms with Gasteiger partial charge in [0.15, 0.2) is 0 Å². The molecular formula is C18H21N5O4. The molecule has 0 bridgehead atoms. The minimum absolute atomic E-state index is 0.167. The molecule has 0 aliphatic carbocycles. The molecule has 9 heteroatoms. The summed E-state index contributed by atoms with van der Waals surface area (Å²) in [7, 11) is 0. The first kappa shape index (κ1) is 18.4. The number of nitrogens with one attached hydrogen (secondary N) is 1. The quantitative estimate of drug-likeness (QED) is 0.823. The SMILES string of the molecule is CCOC(=O)N1CCN(c2nccc(Nc3ccccc3C(=O)O)n2)CC1. The molecule has 1 aromatic carbocycles. The number of carbonyl (C=O) groups excluding carboxylic acids is 1. The Labute approximate surface area is 156 Å². The molecule has 0 atom stereocenters. The lowest BCUT2D eigenvalue weighted by molar-refractivity contribution is 0.0697. The van der Waals surface area contributed by atoms with Gasteiger partial charge < -0.3 is 25.0 Å². The summed E-state index contributed by atoms with van der Waals surface area (Å²) in [6.07, 6.45) is 1.31. The molecule has 3 rings (SSSR count). The number of hydrogen-bond donors (Lipinski definition) is 2. The van der Waals surface area contributed by atoms with Crippen molar-refractivity contribution in [3.05, 3.63) is 42.1 Å². The summed E-state index contributed by atoms with van der Waals surface area (Å²) < 4.78 is 5.02. The Bertz CT molecular complexity index is 821. The van der Waals surface area contributed by atoms with Crippen LogP contribution in [0.5, 0.6) is 0 Å². The number of amides is 1. The Hall–Kier alpha value is -3.36. The number of ether oxygens (including phenoxy) is 1. The van der Waals surface area contributed by atoms with Gasteiger partial charge in [0.1, 0.15) is 5.82 Å². The van der Waals surface area contributed by atoms with Crippen molar-refractivity contribution < 1.29 is 19.4 Å². The highest BCUT2D eigenvalue weighted by molar-refractivity contribution is 5.95. The molecule has 1 amide bonds. The molecule has 9 nitrogen and oxygen atoms in total. The zero-order valence-electron chi connectivity index (χ0n) is 15.0. The number of rotatable bonds is 5. The van der Waals surface area contributed by atoms with Gasteiger partial charge in [0.05, 0.1) is 17.9 Å². The number of carboxylic acid groups (broad SMARTS) is 1. The first-order valence-corrected chi connectivity index (χ1v) is 8.67. The molecule has 1 aliphatic heterocycles. The van der Waals surface area contributed by atoms with Crippen molar-refractivity contribution in [1.82, 2.24) is 14.9 Å². The molecule has 27 heavy (non-hydrogen) atoms. The monoisotopic (exact) mass is 371 g/mol. The lowest BCUT2D eigenvalue weighted by Gasteiger charge is -2.34. The van der Waals surface area contributed by atoms with Crippen LogP contribution in [-0.2, 0) is 4.74 Å². The van der Waals surface area contributed by atoms with E-state index in [9.17, 15) is 14.7 Å². The summed E-state index contributed by atoms with van der Waals surface area (Å²) in [6.45, 7) is 4.38. The standard InChI is InChI=1S/C18H21N5O4/c1-2-27-18(26)23-11-9-22(10-12-23)17-19-8-7-15(21-17)20-14-6-4-3-5-13(14)16(24)25/h3-8H,2,9-12H2,1H3,(H,24,25)(H,19,20,21). The number of nitrogens with zero attached hydrogens (tertiary/aromatic N) is 4. The average Bonchev–Trinajstić information content (AvgIpc) is 2.69. The Kier molecular flexibility index (Phi) is 5.70. The second kappa shape index (κ2) is 8.35. The smallest absolute Gasteiger partial charge is 0.409 e. The fourth-order valence-corrected chi connectivity index (χ4v) is 2.79. The number of aromatic carboxylic acids is 1. The number of para-hydroxylation sites is 1. The second-order valence-corrected chi connectivity index (χ2v) is 5.89. The van der Waals surface area contributed by atoms with Gasteiger partial charge in [-0.3, -0.25) is 0 Å². The largest absolute Gasteiger partial charge is 0.478 e. The number of piperazine rings is 1. The van der Waals surface area contributed by atoms with Crippen LogP contribution in [0.15, 0.2) is 36.5 Å². The van der Waals surface area contributed by atoms with Crippen LogP contribution >= 0.6 is 0 Å². The van der Waals surface area contributed by atoms with Gasteiger partial charge in [-0.05, 0) is 25.1 Å². The molecule has 0 spiro atoms. The Morgan fingerprint density at radius 1 is 1.19 bits per heavy atom. The van der Waals surface area contributed by atoms with Crippen LogP contribution in [0, 0.1) is 0 Å². The molecule has 0 unspecified atom stereocenters. The van der Waals surface area contributed by atoms with E-state index in [1.54, 1.807) is 42.3 Å². The highest BCUT2D eigenvalue weighted by Crippen LogP contribution is 2.21. The predicted molar refractivity (Wildman–Crippen MR) is 99.5 cm³/mol. The fourth-order valence-electron chi connectivity index (χ4n) is 2.79. The average molecular weight is 371 g/mol.